The van der Waals surface area contributed by atoms with Gasteiger partial charge >= 0.3 is 13.8 Å². The van der Waals surface area contributed by atoms with Crippen molar-refractivity contribution in [1.29, 1.82) is 0 Å². The van der Waals surface area contributed by atoms with Gasteiger partial charge in [-0.25, -0.2) is 4.57 Å². The number of hydrogen-bond donors (Lipinski definition) is 3. The molecular formula is C37H76NO8P. The number of phosphoric ester groups is 1. The number of nitrogens with two attached hydrogens (primary N) is 1. The van der Waals surface area contributed by atoms with Crippen LogP contribution >= 0.6 is 7.82 Å². The van der Waals surface area contributed by atoms with Crippen LogP contribution in [0.25, 0.3) is 0 Å². The van der Waals surface area contributed by atoms with Crippen molar-refractivity contribution in [3.63, 3.8) is 0 Å². The van der Waals surface area contributed by atoms with Gasteiger partial charge in [-0.3, -0.25) is 13.8 Å². The molecule has 0 fully saturated rings. The number of rotatable bonds is 38. The Morgan fingerprint density at radius 1 is 0.617 bits per heavy atom. The number of esters is 1. The third-order valence-electron chi connectivity index (χ3n) is 8.61. The molecule has 9 nitrogen and oxygen atoms in total. The Balaban J connectivity index is 4.16. The molecule has 47 heavy (non-hydrogen) atoms. The summed E-state index contributed by atoms with van der Waals surface area (Å²) < 4.78 is 33.0. The first-order valence-corrected chi connectivity index (χ1v) is 21.1. The number of hydrogen-bond acceptors (Lipinski definition) is 8. The molecule has 0 aliphatic rings. The van der Waals surface area contributed by atoms with E-state index >= 15 is 0 Å². The molecule has 0 aromatic carbocycles. The van der Waals surface area contributed by atoms with Crippen LogP contribution in [0.1, 0.15) is 194 Å². The van der Waals surface area contributed by atoms with Crippen LogP contribution in [-0.2, 0) is 27.9 Å². The summed E-state index contributed by atoms with van der Waals surface area (Å²) in [6.07, 6.45) is 30.9. The van der Waals surface area contributed by atoms with E-state index in [2.05, 4.69) is 13.8 Å². The number of aliphatic hydroxyl groups excluding tert-OH is 1. The molecule has 0 saturated carbocycles. The number of carbonyl (C=O) groups is 1. The van der Waals surface area contributed by atoms with E-state index in [0.717, 1.165) is 38.5 Å². The lowest BCUT2D eigenvalue weighted by atomic mass is 10.0. The molecule has 0 radical (unpaired) electrons. The maximum atomic E-state index is 12.3. The Hall–Kier alpha value is -0.540. The Morgan fingerprint density at radius 2 is 1.02 bits per heavy atom. The lowest BCUT2D eigenvalue weighted by Gasteiger charge is -2.22. The predicted octanol–water partition coefficient (Wildman–Crippen LogP) is 10.3. The number of aliphatic hydroxyl groups is 1. The molecule has 0 aliphatic heterocycles. The summed E-state index contributed by atoms with van der Waals surface area (Å²) in [6, 6.07) is 0. The Morgan fingerprint density at radius 3 is 1.45 bits per heavy atom. The summed E-state index contributed by atoms with van der Waals surface area (Å²) in [6.45, 7) is 3.90. The maximum Gasteiger partial charge on any atom is 0.472 e. The monoisotopic (exact) mass is 694 g/mol. The molecule has 0 amide bonds. The minimum Gasteiger partial charge on any atom is -0.463 e. The van der Waals surface area contributed by atoms with Gasteiger partial charge in [-0.2, -0.15) is 0 Å². The average Bonchev–Trinajstić information content (AvgIpc) is 3.05. The van der Waals surface area contributed by atoms with Gasteiger partial charge in [-0.1, -0.05) is 168 Å². The molecule has 2 unspecified atom stereocenters. The first-order valence-electron chi connectivity index (χ1n) is 19.7. The van der Waals surface area contributed by atoms with E-state index in [1.165, 1.54) is 128 Å². The smallest absolute Gasteiger partial charge is 0.463 e. The molecule has 0 bridgehead atoms. The highest BCUT2D eigenvalue weighted by molar-refractivity contribution is 7.47. The van der Waals surface area contributed by atoms with Crippen molar-refractivity contribution in [1.82, 2.24) is 0 Å². The molecule has 10 heteroatoms. The molecule has 0 aromatic rings. The number of ether oxygens (including phenoxy) is 2. The van der Waals surface area contributed by atoms with Crippen LogP contribution in [-0.4, -0.2) is 54.7 Å². The van der Waals surface area contributed by atoms with Gasteiger partial charge in [-0.15, -0.1) is 0 Å². The van der Waals surface area contributed by atoms with Crippen molar-refractivity contribution in [2.45, 2.75) is 206 Å². The van der Waals surface area contributed by atoms with Gasteiger partial charge in [-0.05, 0) is 19.3 Å². The molecular weight excluding hydrogens is 617 g/mol. The van der Waals surface area contributed by atoms with E-state index < -0.39 is 20.2 Å². The molecule has 0 spiro atoms. The Labute approximate surface area is 289 Å². The van der Waals surface area contributed by atoms with E-state index in [0.29, 0.717) is 12.8 Å². The van der Waals surface area contributed by atoms with Crippen LogP contribution in [0.15, 0.2) is 0 Å². The van der Waals surface area contributed by atoms with E-state index in [4.69, 9.17) is 24.3 Å². The van der Waals surface area contributed by atoms with E-state index in [-0.39, 0.29) is 32.3 Å². The predicted molar refractivity (Wildman–Crippen MR) is 193 cm³/mol. The highest BCUT2D eigenvalue weighted by Gasteiger charge is 2.25. The average molecular weight is 694 g/mol. The summed E-state index contributed by atoms with van der Waals surface area (Å²) in [4.78, 5) is 22.2. The van der Waals surface area contributed by atoms with Gasteiger partial charge in [0.25, 0.3) is 0 Å². The second kappa shape index (κ2) is 35.3. The van der Waals surface area contributed by atoms with Gasteiger partial charge in [0.1, 0.15) is 12.7 Å². The van der Waals surface area contributed by atoms with Crippen molar-refractivity contribution < 1.29 is 37.9 Å². The fourth-order valence-electron chi connectivity index (χ4n) is 5.68. The standard InChI is InChI=1S/C37H76NO8P/c1-3-5-7-9-11-13-15-16-17-18-20-22-24-26-28-30-37(40)46-35(34-45-47(41,42)44-32-31-38)33-43-36(39)29-27-25-23-21-19-14-12-10-8-6-4-2/h35,37,40H,3-34,38H2,1-2H3,(H,41,42)/t35-,37?/m1/s1. The minimum atomic E-state index is -4.33. The van der Waals surface area contributed by atoms with Crippen molar-refractivity contribution >= 4 is 13.8 Å². The number of phosphoric acid groups is 1. The third-order valence-corrected chi connectivity index (χ3v) is 9.60. The zero-order chi connectivity index (χ0) is 34.7. The molecule has 0 aliphatic carbocycles. The Bertz CT molecular complexity index is 714. The third kappa shape index (κ3) is 35.1. The summed E-state index contributed by atoms with van der Waals surface area (Å²) in [5.74, 6) is -0.349. The largest absolute Gasteiger partial charge is 0.472 e. The van der Waals surface area contributed by atoms with Gasteiger partial charge in [0.2, 0.25) is 0 Å². The van der Waals surface area contributed by atoms with Crippen LogP contribution in [0.3, 0.4) is 0 Å². The Kier molecular flexibility index (Phi) is 34.9. The molecule has 0 heterocycles. The molecule has 3 atom stereocenters. The van der Waals surface area contributed by atoms with E-state index in [1.807, 2.05) is 0 Å². The molecule has 0 saturated heterocycles. The topological polar surface area (TPSA) is 138 Å². The van der Waals surface area contributed by atoms with Crippen molar-refractivity contribution in [3.05, 3.63) is 0 Å². The summed E-state index contributed by atoms with van der Waals surface area (Å²) in [5, 5.41) is 10.5. The van der Waals surface area contributed by atoms with E-state index in [1.54, 1.807) is 0 Å². The fourth-order valence-corrected chi connectivity index (χ4v) is 6.45. The number of unbranched alkanes of at least 4 members (excludes halogenated alkanes) is 24. The van der Waals surface area contributed by atoms with Gasteiger partial charge < -0.3 is 25.2 Å². The lowest BCUT2D eigenvalue weighted by molar-refractivity contribution is -0.174. The zero-order valence-electron chi connectivity index (χ0n) is 30.7. The van der Waals surface area contributed by atoms with Crippen molar-refractivity contribution in [2.75, 3.05) is 26.4 Å². The normalized spacial score (nSPS) is 14.2. The van der Waals surface area contributed by atoms with Gasteiger partial charge in [0.05, 0.1) is 13.2 Å². The second-order valence-electron chi connectivity index (χ2n) is 13.3. The maximum absolute atomic E-state index is 12.3. The van der Waals surface area contributed by atoms with Crippen LogP contribution in [0, 0.1) is 0 Å². The van der Waals surface area contributed by atoms with Crippen LogP contribution in [0.4, 0.5) is 0 Å². The summed E-state index contributed by atoms with van der Waals surface area (Å²) >= 11 is 0. The van der Waals surface area contributed by atoms with Gasteiger partial charge in [0, 0.05) is 13.0 Å². The number of carbonyl (C=O) groups excluding carboxylic acids is 1. The van der Waals surface area contributed by atoms with Crippen LogP contribution in [0.2, 0.25) is 0 Å². The lowest BCUT2D eigenvalue weighted by Crippen LogP contribution is -2.31. The summed E-state index contributed by atoms with van der Waals surface area (Å²) in [7, 11) is -4.33. The van der Waals surface area contributed by atoms with Crippen LogP contribution in [0.5, 0.6) is 0 Å². The summed E-state index contributed by atoms with van der Waals surface area (Å²) in [5.41, 5.74) is 5.34. The van der Waals surface area contributed by atoms with Crippen LogP contribution < -0.4 is 5.73 Å². The van der Waals surface area contributed by atoms with Gasteiger partial charge in [0.15, 0.2) is 6.29 Å². The zero-order valence-corrected chi connectivity index (χ0v) is 31.5. The van der Waals surface area contributed by atoms with Crippen molar-refractivity contribution in [3.8, 4) is 0 Å². The molecule has 282 valence electrons. The quantitative estimate of drug-likeness (QED) is 0.0250. The highest BCUT2D eigenvalue weighted by Crippen LogP contribution is 2.43. The van der Waals surface area contributed by atoms with Crippen molar-refractivity contribution in [2.24, 2.45) is 5.73 Å². The first kappa shape index (κ1) is 46.5. The fraction of sp³-hybridized carbons (Fsp3) is 0.973. The first-order chi connectivity index (χ1) is 22.8. The molecule has 4 N–H and O–H groups in total. The van der Waals surface area contributed by atoms with E-state index in [9.17, 15) is 19.4 Å². The minimum absolute atomic E-state index is 0.0719. The second-order valence-corrected chi connectivity index (χ2v) is 14.8. The highest BCUT2D eigenvalue weighted by atomic mass is 31.2. The molecule has 0 rings (SSSR count). The molecule has 0 aromatic heterocycles. The SMILES string of the molecule is CCCCCCCCCCCCCCCCCC(O)O[C@H](COC(=O)CCCCCCCCCCCCC)COP(=O)(O)OCCN.